The van der Waals surface area contributed by atoms with Gasteiger partial charge in [-0.05, 0) is 49.5 Å². The second-order valence-electron chi connectivity index (χ2n) is 4.73. The predicted molar refractivity (Wildman–Crippen MR) is 80.8 cm³/mol. The van der Waals surface area contributed by atoms with E-state index < -0.39 is 5.91 Å². The zero-order valence-electron chi connectivity index (χ0n) is 10.9. The van der Waals surface area contributed by atoms with Crippen LogP contribution in [0.3, 0.4) is 0 Å². The van der Waals surface area contributed by atoms with E-state index in [0.29, 0.717) is 15.7 Å². The van der Waals surface area contributed by atoms with E-state index in [1.807, 2.05) is 6.07 Å². The molecule has 1 aromatic rings. The van der Waals surface area contributed by atoms with Crippen molar-refractivity contribution < 1.29 is 4.79 Å². The Morgan fingerprint density at radius 1 is 1.20 bits per heavy atom. The number of nitrogens with one attached hydrogen (secondary N) is 1. The molecule has 0 spiro atoms. The summed E-state index contributed by atoms with van der Waals surface area (Å²) in [4.78, 5) is 12.2. The molecule has 3 nitrogen and oxygen atoms in total. The zero-order chi connectivity index (χ0) is 14.5. The van der Waals surface area contributed by atoms with Gasteiger partial charge in [-0.15, -0.1) is 0 Å². The standard InChI is InChI=1S/C15H14Cl2N2O/c16-11-6-7-14(13(17)8-11)19-15(20)12(9-18)10-4-2-1-3-5-10/h6-8H,1-5H2,(H,19,20). The van der Waals surface area contributed by atoms with Gasteiger partial charge in [0.25, 0.3) is 5.91 Å². The minimum atomic E-state index is -0.395. The maximum Gasteiger partial charge on any atom is 0.266 e. The van der Waals surface area contributed by atoms with Gasteiger partial charge in [0.15, 0.2) is 0 Å². The summed E-state index contributed by atoms with van der Waals surface area (Å²) in [5.74, 6) is -0.395. The molecule has 0 radical (unpaired) electrons. The summed E-state index contributed by atoms with van der Waals surface area (Å²) >= 11 is 11.8. The van der Waals surface area contributed by atoms with Crippen molar-refractivity contribution >= 4 is 34.8 Å². The summed E-state index contributed by atoms with van der Waals surface area (Å²) in [5.41, 5.74) is 1.63. The van der Waals surface area contributed by atoms with E-state index in [2.05, 4.69) is 5.32 Å². The monoisotopic (exact) mass is 308 g/mol. The number of hydrogen-bond acceptors (Lipinski definition) is 2. The van der Waals surface area contributed by atoms with Crippen molar-refractivity contribution in [2.24, 2.45) is 0 Å². The number of benzene rings is 1. The first kappa shape index (κ1) is 14.9. The van der Waals surface area contributed by atoms with Crippen LogP contribution in [0.15, 0.2) is 29.3 Å². The highest BCUT2D eigenvalue weighted by Crippen LogP contribution is 2.28. The van der Waals surface area contributed by atoms with E-state index in [0.717, 1.165) is 37.7 Å². The lowest BCUT2D eigenvalue weighted by Gasteiger charge is -2.15. The second kappa shape index (κ2) is 6.78. The van der Waals surface area contributed by atoms with Gasteiger partial charge in [-0.25, -0.2) is 0 Å². The Balaban J connectivity index is 2.20. The van der Waals surface area contributed by atoms with Crippen molar-refractivity contribution in [3.05, 3.63) is 39.4 Å². The molecule has 0 bridgehead atoms. The average molecular weight is 309 g/mol. The summed E-state index contributed by atoms with van der Waals surface area (Å²) < 4.78 is 0. The Morgan fingerprint density at radius 3 is 2.50 bits per heavy atom. The Hall–Kier alpha value is -1.50. The Morgan fingerprint density at radius 2 is 1.90 bits per heavy atom. The third-order valence-corrected chi connectivity index (χ3v) is 3.88. The number of anilines is 1. The minimum absolute atomic E-state index is 0.218. The zero-order valence-corrected chi connectivity index (χ0v) is 12.4. The molecule has 0 atom stereocenters. The van der Waals surface area contributed by atoms with Crippen LogP contribution >= 0.6 is 23.2 Å². The van der Waals surface area contributed by atoms with Gasteiger partial charge < -0.3 is 5.32 Å². The molecule has 20 heavy (non-hydrogen) atoms. The Kier molecular flexibility index (Phi) is 5.05. The molecule has 1 aliphatic carbocycles. The molecular weight excluding hydrogens is 295 g/mol. The maximum atomic E-state index is 12.2. The fourth-order valence-corrected chi connectivity index (χ4v) is 2.75. The van der Waals surface area contributed by atoms with Crippen LogP contribution in [0.2, 0.25) is 10.0 Å². The smallest absolute Gasteiger partial charge is 0.266 e. The summed E-state index contributed by atoms with van der Waals surface area (Å²) in [7, 11) is 0. The van der Waals surface area contributed by atoms with Crippen molar-refractivity contribution in [3.63, 3.8) is 0 Å². The molecular formula is C15H14Cl2N2O. The van der Waals surface area contributed by atoms with Crippen LogP contribution in [0.4, 0.5) is 5.69 Å². The number of rotatable bonds is 2. The number of amides is 1. The lowest BCUT2D eigenvalue weighted by atomic mass is 9.91. The number of allylic oxidation sites excluding steroid dienone is 1. The highest BCUT2D eigenvalue weighted by Gasteiger charge is 2.18. The molecule has 2 rings (SSSR count). The van der Waals surface area contributed by atoms with Crippen LogP contribution in [0.1, 0.15) is 32.1 Å². The minimum Gasteiger partial charge on any atom is -0.320 e. The van der Waals surface area contributed by atoms with E-state index in [-0.39, 0.29) is 5.57 Å². The van der Waals surface area contributed by atoms with Crippen molar-refractivity contribution in [3.8, 4) is 6.07 Å². The SMILES string of the molecule is N#CC(C(=O)Nc1ccc(Cl)cc1Cl)=C1CCCCC1. The fourth-order valence-electron chi connectivity index (χ4n) is 2.29. The first-order valence-corrected chi connectivity index (χ1v) is 7.26. The normalized spacial score (nSPS) is 14.6. The molecule has 5 heteroatoms. The third kappa shape index (κ3) is 3.53. The van der Waals surface area contributed by atoms with Crippen LogP contribution in [0.25, 0.3) is 0 Å². The van der Waals surface area contributed by atoms with Gasteiger partial charge in [-0.3, -0.25) is 4.79 Å². The van der Waals surface area contributed by atoms with E-state index in [9.17, 15) is 10.1 Å². The Bertz CT molecular complexity index is 594. The van der Waals surface area contributed by atoms with Gasteiger partial charge in [0, 0.05) is 5.02 Å². The highest BCUT2D eigenvalue weighted by molar-refractivity contribution is 6.36. The quantitative estimate of drug-likeness (QED) is 0.635. The van der Waals surface area contributed by atoms with Crippen molar-refractivity contribution in [1.29, 1.82) is 5.26 Å². The van der Waals surface area contributed by atoms with Crippen molar-refractivity contribution in [1.82, 2.24) is 0 Å². The predicted octanol–water partition coefficient (Wildman–Crippen LogP) is 4.72. The molecule has 0 unspecified atom stereocenters. The van der Waals surface area contributed by atoms with Crippen LogP contribution in [-0.4, -0.2) is 5.91 Å². The van der Waals surface area contributed by atoms with E-state index >= 15 is 0 Å². The van der Waals surface area contributed by atoms with Gasteiger partial charge >= 0.3 is 0 Å². The van der Waals surface area contributed by atoms with Crippen molar-refractivity contribution in [2.45, 2.75) is 32.1 Å². The number of nitriles is 1. The maximum absolute atomic E-state index is 12.2. The number of carbonyl (C=O) groups is 1. The molecule has 104 valence electrons. The molecule has 1 N–H and O–H groups in total. The molecule has 0 heterocycles. The fraction of sp³-hybridized carbons (Fsp3) is 0.333. The third-order valence-electron chi connectivity index (χ3n) is 3.33. The highest BCUT2D eigenvalue weighted by atomic mass is 35.5. The number of hydrogen-bond donors (Lipinski definition) is 1. The van der Waals surface area contributed by atoms with Gasteiger partial charge in [0.05, 0.1) is 10.7 Å². The molecule has 0 aromatic heterocycles. The van der Waals surface area contributed by atoms with E-state index in [1.165, 1.54) is 0 Å². The molecule has 1 aromatic carbocycles. The molecule has 1 amide bonds. The van der Waals surface area contributed by atoms with Crippen molar-refractivity contribution in [2.75, 3.05) is 5.32 Å². The molecule has 0 saturated heterocycles. The molecule has 1 saturated carbocycles. The average Bonchev–Trinajstić information content (AvgIpc) is 2.44. The van der Waals surface area contributed by atoms with Crippen LogP contribution in [-0.2, 0) is 4.79 Å². The van der Waals surface area contributed by atoms with E-state index in [1.54, 1.807) is 18.2 Å². The van der Waals surface area contributed by atoms with Crippen LogP contribution in [0.5, 0.6) is 0 Å². The van der Waals surface area contributed by atoms with Crippen LogP contribution in [0, 0.1) is 11.3 Å². The number of halogens is 2. The number of nitrogens with zero attached hydrogens (tertiary/aromatic N) is 1. The first-order chi connectivity index (χ1) is 9.61. The van der Waals surface area contributed by atoms with Gasteiger partial charge in [0.1, 0.15) is 11.6 Å². The first-order valence-electron chi connectivity index (χ1n) is 6.50. The summed E-state index contributed by atoms with van der Waals surface area (Å²) in [5, 5.41) is 12.8. The number of carbonyl (C=O) groups excluding carboxylic acids is 1. The molecule has 0 aliphatic heterocycles. The summed E-state index contributed by atoms with van der Waals surface area (Å²) in [6.45, 7) is 0. The summed E-state index contributed by atoms with van der Waals surface area (Å²) in [6.07, 6.45) is 4.88. The van der Waals surface area contributed by atoms with Gasteiger partial charge in [-0.1, -0.05) is 29.6 Å². The van der Waals surface area contributed by atoms with Gasteiger partial charge in [-0.2, -0.15) is 5.26 Å². The lowest BCUT2D eigenvalue weighted by molar-refractivity contribution is -0.112. The van der Waals surface area contributed by atoms with Crippen LogP contribution < -0.4 is 5.32 Å². The second-order valence-corrected chi connectivity index (χ2v) is 5.57. The topological polar surface area (TPSA) is 52.9 Å². The lowest BCUT2D eigenvalue weighted by Crippen LogP contribution is -2.16. The summed E-state index contributed by atoms with van der Waals surface area (Å²) in [6, 6.07) is 6.84. The largest absolute Gasteiger partial charge is 0.320 e. The van der Waals surface area contributed by atoms with E-state index in [4.69, 9.17) is 23.2 Å². The molecule has 1 aliphatic rings. The Labute approximate surface area is 128 Å². The van der Waals surface area contributed by atoms with Gasteiger partial charge in [0.2, 0.25) is 0 Å². The molecule has 1 fully saturated rings.